The summed E-state index contributed by atoms with van der Waals surface area (Å²) in [6.45, 7) is 61.1. The summed E-state index contributed by atoms with van der Waals surface area (Å²) in [5, 5.41) is 0. The van der Waals surface area contributed by atoms with E-state index in [0.29, 0.717) is 12.1 Å². The fourth-order valence-corrected chi connectivity index (χ4v) is 11.6. The van der Waals surface area contributed by atoms with Crippen LogP contribution in [-0.2, 0) is 32.5 Å². The van der Waals surface area contributed by atoms with E-state index < -0.39 is 0 Å². The lowest BCUT2D eigenvalue weighted by atomic mass is 9.87. The highest BCUT2D eigenvalue weighted by Gasteiger charge is 2.22. The third kappa shape index (κ3) is 26.7. The lowest BCUT2D eigenvalue weighted by Crippen LogP contribution is -2.38. The Bertz CT molecular complexity index is 3210. The molecule has 0 N–H and O–H groups in total. The van der Waals surface area contributed by atoms with Gasteiger partial charge in [0.15, 0.2) is 0 Å². The molecule has 7 aromatic carbocycles. The van der Waals surface area contributed by atoms with Crippen LogP contribution in [0.2, 0.25) is 0 Å². The molecule has 0 atom stereocenters. The van der Waals surface area contributed by atoms with Gasteiger partial charge in [-0.15, -0.1) is 0 Å². The molecule has 6 heteroatoms. The van der Waals surface area contributed by atoms with E-state index in [1.165, 1.54) is 131 Å². The molecule has 0 spiro atoms. The van der Waals surface area contributed by atoms with Crippen LogP contribution < -0.4 is 29.4 Å². The molecule has 0 aromatic heterocycles. The standard InChI is InChI=1S/C17H21N.C16H27N.C15H23N.C15H25N.C14H21N.C12H19N/c1-17(2,3)14-10-12-16(13-11-14)18(4)15-8-6-5-7-9-15;1-12(2)17(13(3)4)15-10-8-14(9-11-15)16(5,6)7;1-15(2,3)13-7-9-14(10-8-13)16-11-5-4-6-12-16;1-14(2,3)12-8-10-13(11-9-12)16(7)15(4,5)6;1-14(2,3)12-6-8-13(9-7-12)15-10-4-5-11-15;1-12(2,3)10-6-8-11(9-7-10)13(4)5/h5-13H,1-4H3;8-13H,1-7H3;7-10H,4-6,11-12H2,1-3H3;8-11H,1-7H3;6-9H,4-5,10-11H2,1-3H3;6-9H,1-5H3. The quantitative estimate of drug-likeness (QED) is 0.142. The van der Waals surface area contributed by atoms with Crippen molar-refractivity contribution in [2.24, 2.45) is 0 Å². The second-order valence-corrected chi connectivity index (χ2v) is 34.6. The third-order valence-corrected chi connectivity index (χ3v) is 18.4. The van der Waals surface area contributed by atoms with E-state index in [4.69, 9.17) is 0 Å². The van der Waals surface area contributed by atoms with Gasteiger partial charge in [0.05, 0.1) is 0 Å². The van der Waals surface area contributed by atoms with Crippen molar-refractivity contribution in [2.45, 2.75) is 255 Å². The molecule has 2 fully saturated rings. The van der Waals surface area contributed by atoms with Crippen molar-refractivity contribution in [1.29, 1.82) is 0 Å². The van der Waals surface area contributed by atoms with Crippen LogP contribution in [0.3, 0.4) is 0 Å². The fraction of sp³-hybridized carbons (Fsp3) is 0.528. The Morgan fingerprint density at radius 1 is 0.274 bits per heavy atom. The van der Waals surface area contributed by atoms with Crippen LogP contribution in [-0.4, -0.2) is 72.0 Å². The normalized spacial score (nSPS) is 13.7. The van der Waals surface area contributed by atoms with Gasteiger partial charge in [-0.3, -0.25) is 0 Å². The van der Waals surface area contributed by atoms with Crippen molar-refractivity contribution in [3.05, 3.63) is 209 Å². The second-order valence-electron chi connectivity index (χ2n) is 34.6. The Hall–Kier alpha value is -6.66. The molecule has 0 bridgehead atoms. The molecule has 95 heavy (non-hydrogen) atoms. The van der Waals surface area contributed by atoms with Crippen molar-refractivity contribution in [3.63, 3.8) is 0 Å². The largest absolute Gasteiger partial charge is 0.378 e. The van der Waals surface area contributed by atoms with Crippen LogP contribution in [0.15, 0.2) is 176 Å². The predicted molar refractivity (Wildman–Crippen MR) is 428 cm³/mol. The number of rotatable bonds is 9. The van der Waals surface area contributed by atoms with E-state index in [0.717, 1.165) is 0 Å². The van der Waals surface area contributed by atoms with Crippen molar-refractivity contribution in [3.8, 4) is 0 Å². The summed E-state index contributed by atoms with van der Waals surface area (Å²) in [5.41, 5.74) is 19.1. The molecule has 0 aliphatic carbocycles. The number of anilines is 7. The molecule has 0 unspecified atom stereocenters. The van der Waals surface area contributed by atoms with Gasteiger partial charge in [-0.25, -0.2) is 0 Å². The highest BCUT2D eigenvalue weighted by molar-refractivity contribution is 5.63. The number of piperidine rings is 1. The summed E-state index contributed by atoms with van der Waals surface area (Å²) in [6, 6.07) is 65.2. The minimum Gasteiger partial charge on any atom is -0.378 e. The maximum Gasteiger partial charge on any atom is 0.0408 e. The predicted octanol–water partition coefficient (Wildman–Crippen LogP) is 24.2. The van der Waals surface area contributed by atoms with E-state index in [2.05, 4.69) is 401 Å². The molecule has 7 aromatic rings. The molecule has 2 aliphatic rings. The lowest BCUT2D eigenvalue weighted by molar-refractivity contribution is 0.538. The monoisotopic (exact) mass is 1290 g/mol. The SMILES string of the molecule is CC(C)(C)c1ccc(N2CCCC2)cc1.CC(C)(C)c1ccc(N2CCCCC2)cc1.CC(C)N(c1ccc(C(C)(C)C)cc1)C(C)C.CN(C)c1ccc(C(C)(C)C)cc1.CN(c1ccc(C(C)(C)C)cc1)C(C)(C)C.CN(c1ccccc1)c1ccc(C(C)(C)C)cc1. The van der Waals surface area contributed by atoms with Gasteiger partial charge in [-0.1, -0.05) is 216 Å². The molecule has 2 aliphatic heterocycles. The number of hydrogen-bond donors (Lipinski definition) is 0. The molecule has 2 heterocycles. The van der Waals surface area contributed by atoms with E-state index in [9.17, 15) is 0 Å². The Balaban J connectivity index is 0.000000243. The third-order valence-electron chi connectivity index (χ3n) is 18.4. The van der Waals surface area contributed by atoms with Gasteiger partial charge in [0.25, 0.3) is 0 Å². The van der Waals surface area contributed by atoms with Crippen LogP contribution in [0.25, 0.3) is 0 Å². The van der Waals surface area contributed by atoms with E-state index >= 15 is 0 Å². The Labute approximate surface area is 585 Å². The summed E-state index contributed by atoms with van der Waals surface area (Å²) in [7, 11) is 8.37. The molecule has 2 saturated heterocycles. The molecule has 0 saturated carbocycles. The van der Waals surface area contributed by atoms with Gasteiger partial charge in [0.2, 0.25) is 0 Å². The average Bonchev–Trinajstić information content (AvgIpc) is 1.34. The van der Waals surface area contributed by atoms with Crippen LogP contribution in [0.1, 0.15) is 239 Å². The molecular formula is C89H136N6. The van der Waals surface area contributed by atoms with Crippen molar-refractivity contribution in [1.82, 2.24) is 0 Å². The highest BCUT2D eigenvalue weighted by Crippen LogP contribution is 2.33. The summed E-state index contributed by atoms with van der Waals surface area (Å²) in [5.74, 6) is 0. The summed E-state index contributed by atoms with van der Waals surface area (Å²) >= 11 is 0. The number of benzene rings is 7. The smallest absolute Gasteiger partial charge is 0.0408 e. The van der Waals surface area contributed by atoms with Crippen LogP contribution in [0.5, 0.6) is 0 Å². The molecule has 0 amide bonds. The molecule has 522 valence electrons. The first-order chi connectivity index (χ1) is 43.9. The highest BCUT2D eigenvalue weighted by atomic mass is 15.2. The minimum atomic E-state index is 0.170. The number of para-hydroxylation sites is 1. The van der Waals surface area contributed by atoms with Gasteiger partial charge >= 0.3 is 0 Å². The van der Waals surface area contributed by atoms with E-state index in [1.54, 1.807) is 0 Å². The zero-order valence-electron chi connectivity index (χ0n) is 65.9. The van der Waals surface area contributed by atoms with Crippen LogP contribution in [0.4, 0.5) is 39.8 Å². The van der Waals surface area contributed by atoms with Gasteiger partial charge in [0.1, 0.15) is 0 Å². The van der Waals surface area contributed by atoms with Gasteiger partial charge in [0, 0.05) is 112 Å². The first-order valence-electron chi connectivity index (χ1n) is 36.0. The summed E-state index contributed by atoms with van der Waals surface area (Å²) < 4.78 is 0. The Morgan fingerprint density at radius 3 is 0.779 bits per heavy atom. The maximum absolute atomic E-state index is 2.51. The fourth-order valence-electron chi connectivity index (χ4n) is 11.6. The average molecular weight is 1290 g/mol. The summed E-state index contributed by atoms with van der Waals surface area (Å²) in [4.78, 5) is 14.1. The molecular weight excluding hydrogens is 1150 g/mol. The van der Waals surface area contributed by atoms with Gasteiger partial charge in [-0.05, 0) is 231 Å². The first-order valence-corrected chi connectivity index (χ1v) is 36.0. The number of nitrogens with zero attached hydrogens (tertiary/aromatic N) is 6. The zero-order chi connectivity index (χ0) is 71.5. The van der Waals surface area contributed by atoms with Gasteiger partial charge in [-0.2, -0.15) is 0 Å². The van der Waals surface area contributed by atoms with Crippen molar-refractivity contribution >= 4 is 39.8 Å². The topological polar surface area (TPSA) is 19.4 Å². The van der Waals surface area contributed by atoms with E-state index in [1.807, 2.05) is 6.07 Å². The molecule has 6 nitrogen and oxygen atoms in total. The number of hydrogen-bond acceptors (Lipinski definition) is 6. The summed E-state index contributed by atoms with van der Waals surface area (Å²) in [6.07, 6.45) is 6.79. The van der Waals surface area contributed by atoms with E-state index in [-0.39, 0.29) is 38.0 Å². The van der Waals surface area contributed by atoms with Gasteiger partial charge < -0.3 is 29.4 Å². The molecule has 9 rings (SSSR count). The van der Waals surface area contributed by atoms with Crippen LogP contribution >= 0.6 is 0 Å². The Kier molecular flexibility index (Phi) is 29.8. The Morgan fingerprint density at radius 2 is 0.516 bits per heavy atom. The zero-order valence-corrected chi connectivity index (χ0v) is 65.9. The van der Waals surface area contributed by atoms with Crippen molar-refractivity contribution in [2.75, 3.05) is 83.8 Å². The van der Waals surface area contributed by atoms with Crippen molar-refractivity contribution < 1.29 is 0 Å². The lowest BCUT2D eigenvalue weighted by Gasteiger charge is -2.34. The molecule has 0 radical (unpaired) electrons. The second kappa shape index (κ2) is 35.0. The first kappa shape index (κ1) is 80.8. The maximum atomic E-state index is 2.51. The van der Waals surface area contributed by atoms with Crippen LogP contribution in [0, 0.1) is 0 Å². The minimum absolute atomic E-state index is 0.170.